The van der Waals surface area contributed by atoms with Crippen LogP contribution in [0.15, 0.2) is 16.5 Å². The largest absolute Gasteiger partial charge is 0.421 e. The minimum atomic E-state index is -4.46. The average molecular weight is 280 g/mol. The van der Waals surface area contributed by atoms with Crippen molar-refractivity contribution in [2.45, 2.75) is 16.5 Å². The normalized spacial score (nSPS) is 12.3. The van der Waals surface area contributed by atoms with Gasteiger partial charge in [-0.2, -0.15) is 27.8 Å². The zero-order valence-electron chi connectivity index (χ0n) is 8.82. The molecule has 17 heavy (non-hydrogen) atoms. The molecule has 0 unspecified atom stereocenters. The molecule has 4 nitrogen and oxygen atoms in total. The maximum absolute atomic E-state index is 12.7. The van der Waals surface area contributed by atoms with E-state index in [4.69, 9.17) is 0 Å². The molecule has 0 aromatic carbocycles. The number of fused-ring (bicyclic) bond motifs is 1. The van der Waals surface area contributed by atoms with E-state index in [0.717, 1.165) is 10.7 Å². The van der Waals surface area contributed by atoms with Crippen LogP contribution in [0, 0.1) is 0 Å². The first-order valence-electron chi connectivity index (χ1n) is 4.38. The molecule has 0 spiro atoms. The third-order valence-electron chi connectivity index (χ3n) is 1.99. The quantitative estimate of drug-likeness (QED) is 0.791. The lowest BCUT2D eigenvalue weighted by Crippen LogP contribution is -2.07. The third-order valence-corrected chi connectivity index (χ3v) is 3.17. The summed E-state index contributed by atoms with van der Waals surface area (Å²) in [5, 5.41) is 4.36. The molecule has 0 aliphatic carbocycles. The number of rotatable bonds is 2. The number of aromatic nitrogens is 4. The van der Waals surface area contributed by atoms with E-state index in [0.29, 0.717) is 10.3 Å². The van der Waals surface area contributed by atoms with E-state index in [2.05, 4.69) is 15.1 Å². The molecule has 2 rings (SSSR count). The van der Waals surface area contributed by atoms with Crippen molar-refractivity contribution in [3.05, 3.63) is 11.8 Å². The summed E-state index contributed by atoms with van der Waals surface area (Å²) < 4.78 is 39.2. The molecule has 0 saturated heterocycles. The standard InChI is InChI=1S/C8H7F3N4S2/c1-16-6-13-5-4(8(9,10)11)3-12-15(5)7(14-6)17-2/h3H,1-2H3. The summed E-state index contributed by atoms with van der Waals surface area (Å²) in [6.07, 6.45) is -0.254. The summed E-state index contributed by atoms with van der Waals surface area (Å²) in [4.78, 5) is 7.93. The van der Waals surface area contributed by atoms with Crippen LogP contribution in [0.25, 0.3) is 5.65 Å². The summed E-state index contributed by atoms with van der Waals surface area (Å²) in [6, 6.07) is 0. The molecule has 0 aliphatic rings. The van der Waals surface area contributed by atoms with Gasteiger partial charge in [-0.1, -0.05) is 23.5 Å². The number of thioether (sulfide) groups is 2. The Morgan fingerprint density at radius 1 is 1.18 bits per heavy atom. The molecular formula is C8H7F3N4S2. The fraction of sp³-hybridized carbons (Fsp3) is 0.375. The number of hydrogen-bond donors (Lipinski definition) is 0. The Balaban J connectivity index is 2.75. The summed E-state index contributed by atoms with van der Waals surface area (Å²) >= 11 is 2.41. The van der Waals surface area contributed by atoms with Crippen LogP contribution in [-0.2, 0) is 6.18 Å². The van der Waals surface area contributed by atoms with Gasteiger partial charge in [-0.3, -0.25) is 0 Å². The van der Waals surface area contributed by atoms with Gasteiger partial charge in [0, 0.05) is 0 Å². The van der Waals surface area contributed by atoms with Crippen LogP contribution in [0.1, 0.15) is 5.56 Å². The second-order valence-corrected chi connectivity index (χ2v) is 4.54. The van der Waals surface area contributed by atoms with Gasteiger partial charge in [0.1, 0.15) is 5.56 Å². The zero-order chi connectivity index (χ0) is 12.6. The molecule has 92 valence electrons. The van der Waals surface area contributed by atoms with Gasteiger partial charge in [0.05, 0.1) is 6.20 Å². The molecule has 0 saturated carbocycles. The molecule has 0 atom stereocenters. The van der Waals surface area contributed by atoms with E-state index in [1.54, 1.807) is 12.5 Å². The second-order valence-electron chi connectivity index (χ2n) is 2.99. The van der Waals surface area contributed by atoms with Crippen LogP contribution in [0.5, 0.6) is 0 Å². The SMILES string of the molecule is CSc1nc(SC)n2ncc(C(F)(F)F)c2n1. The van der Waals surface area contributed by atoms with Crippen LogP contribution in [0.2, 0.25) is 0 Å². The van der Waals surface area contributed by atoms with Gasteiger partial charge in [0.15, 0.2) is 16.0 Å². The lowest BCUT2D eigenvalue weighted by molar-refractivity contribution is -0.136. The molecule has 0 aliphatic heterocycles. The maximum atomic E-state index is 12.7. The van der Waals surface area contributed by atoms with E-state index in [9.17, 15) is 13.2 Å². The molecule has 0 fully saturated rings. The number of nitrogens with zero attached hydrogens (tertiary/aromatic N) is 4. The van der Waals surface area contributed by atoms with Crippen molar-refractivity contribution in [3.63, 3.8) is 0 Å². The van der Waals surface area contributed by atoms with Gasteiger partial charge in [0.25, 0.3) is 0 Å². The van der Waals surface area contributed by atoms with Gasteiger partial charge in [-0.15, -0.1) is 0 Å². The zero-order valence-corrected chi connectivity index (χ0v) is 10.4. The van der Waals surface area contributed by atoms with Gasteiger partial charge >= 0.3 is 6.18 Å². The molecular weight excluding hydrogens is 273 g/mol. The Morgan fingerprint density at radius 3 is 2.41 bits per heavy atom. The Kier molecular flexibility index (Phi) is 3.21. The minimum Gasteiger partial charge on any atom is -0.202 e. The Bertz CT molecular complexity index is 551. The molecule has 0 amide bonds. The van der Waals surface area contributed by atoms with E-state index in [-0.39, 0.29) is 5.65 Å². The molecule has 0 radical (unpaired) electrons. The summed E-state index contributed by atoms with van der Waals surface area (Å²) in [5.41, 5.74) is -1.05. The molecule has 2 aromatic rings. The number of alkyl halides is 3. The van der Waals surface area contributed by atoms with Gasteiger partial charge in [-0.05, 0) is 12.5 Å². The van der Waals surface area contributed by atoms with Crippen LogP contribution >= 0.6 is 23.5 Å². The molecule has 9 heteroatoms. The maximum Gasteiger partial charge on any atom is 0.421 e. The molecule has 2 aromatic heterocycles. The minimum absolute atomic E-state index is 0.207. The van der Waals surface area contributed by atoms with Crippen LogP contribution < -0.4 is 0 Å². The summed E-state index contributed by atoms with van der Waals surface area (Å²) in [5.74, 6) is 0. The Morgan fingerprint density at radius 2 is 1.88 bits per heavy atom. The predicted octanol–water partition coefficient (Wildman–Crippen LogP) is 2.59. The van der Waals surface area contributed by atoms with E-state index >= 15 is 0 Å². The lowest BCUT2D eigenvalue weighted by Gasteiger charge is -2.05. The van der Waals surface area contributed by atoms with E-state index in [1.807, 2.05) is 0 Å². The number of halogens is 3. The first-order chi connectivity index (χ1) is 7.97. The van der Waals surface area contributed by atoms with Crippen molar-refractivity contribution >= 4 is 29.2 Å². The fourth-order valence-corrected chi connectivity index (χ4v) is 2.16. The van der Waals surface area contributed by atoms with Crippen molar-refractivity contribution in [2.75, 3.05) is 12.5 Å². The Hall–Kier alpha value is -0.960. The molecule has 0 N–H and O–H groups in total. The van der Waals surface area contributed by atoms with Crippen molar-refractivity contribution in [3.8, 4) is 0 Å². The van der Waals surface area contributed by atoms with E-state index < -0.39 is 11.7 Å². The highest BCUT2D eigenvalue weighted by Gasteiger charge is 2.35. The van der Waals surface area contributed by atoms with Crippen LogP contribution in [0.3, 0.4) is 0 Å². The topological polar surface area (TPSA) is 43.1 Å². The van der Waals surface area contributed by atoms with Crippen LogP contribution in [-0.4, -0.2) is 32.1 Å². The van der Waals surface area contributed by atoms with Gasteiger partial charge < -0.3 is 0 Å². The highest BCUT2D eigenvalue weighted by molar-refractivity contribution is 7.99. The molecule has 0 bridgehead atoms. The summed E-state index contributed by atoms with van der Waals surface area (Å²) in [7, 11) is 0. The van der Waals surface area contributed by atoms with Crippen molar-refractivity contribution < 1.29 is 13.2 Å². The highest BCUT2D eigenvalue weighted by Crippen LogP contribution is 2.33. The van der Waals surface area contributed by atoms with Gasteiger partial charge in [-0.25, -0.2) is 4.98 Å². The predicted molar refractivity (Wildman–Crippen MR) is 59.3 cm³/mol. The van der Waals surface area contributed by atoms with Crippen molar-refractivity contribution in [1.29, 1.82) is 0 Å². The fourth-order valence-electron chi connectivity index (χ4n) is 1.26. The second kappa shape index (κ2) is 4.37. The van der Waals surface area contributed by atoms with Crippen LogP contribution in [0.4, 0.5) is 13.2 Å². The lowest BCUT2D eigenvalue weighted by atomic mass is 10.3. The third kappa shape index (κ3) is 2.21. The van der Waals surface area contributed by atoms with E-state index in [1.165, 1.54) is 23.5 Å². The first kappa shape index (κ1) is 12.5. The van der Waals surface area contributed by atoms with Crippen molar-refractivity contribution in [1.82, 2.24) is 19.6 Å². The average Bonchev–Trinajstić information content (AvgIpc) is 2.70. The highest BCUT2D eigenvalue weighted by atomic mass is 32.2. The van der Waals surface area contributed by atoms with Crippen molar-refractivity contribution in [2.24, 2.45) is 0 Å². The van der Waals surface area contributed by atoms with Gasteiger partial charge in [0.2, 0.25) is 0 Å². The number of hydrogen-bond acceptors (Lipinski definition) is 5. The first-order valence-corrected chi connectivity index (χ1v) is 6.83. The molecule has 2 heterocycles. The smallest absolute Gasteiger partial charge is 0.202 e. The monoisotopic (exact) mass is 280 g/mol. The summed E-state index contributed by atoms with van der Waals surface area (Å²) in [6.45, 7) is 0. The Labute approximate surface area is 103 Å².